The van der Waals surface area contributed by atoms with Crippen LogP contribution in [0.25, 0.3) is 16.7 Å². The second-order valence-electron chi connectivity index (χ2n) is 8.41. The Kier molecular flexibility index (Phi) is 5.51. The second kappa shape index (κ2) is 8.10. The van der Waals surface area contributed by atoms with Crippen molar-refractivity contribution in [3.05, 3.63) is 41.8 Å². The Balaban J connectivity index is 1.52. The minimum Gasteiger partial charge on any atom is -0.444 e. The number of aromatic nitrogens is 4. The Labute approximate surface area is 180 Å². The summed E-state index contributed by atoms with van der Waals surface area (Å²) in [5.41, 5.74) is 0.335. The lowest BCUT2D eigenvalue weighted by Gasteiger charge is -2.34. The summed E-state index contributed by atoms with van der Waals surface area (Å²) < 4.78 is 7.15. The van der Waals surface area contributed by atoms with E-state index < -0.39 is 5.60 Å². The van der Waals surface area contributed by atoms with Crippen molar-refractivity contribution >= 4 is 34.4 Å². The maximum absolute atomic E-state index is 12.1. The zero-order valence-corrected chi connectivity index (χ0v) is 18.1. The summed E-state index contributed by atoms with van der Waals surface area (Å²) in [6, 6.07) is 7.62. The Morgan fingerprint density at radius 1 is 1.27 bits per heavy atom. The van der Waals surface area contributed by atoms with Gasteiger partial charge in [0.25, 0.3) is 0 Å². The van der Waals surface area contributed by atoms with Crippen molar-refractivity contribution in [1.29, 1.82) is 0 Å². The van der Waals surface area contributed by atoms with Crippen LogP contribution in [0.4, 0.5) is 10.6 Å². The molecule has 158 valence electrons. The molecule has 1 aliphatic rings. The predicted octanol–water partition coefficient (Wildman–Crippen LogP) is 3.96. The molecule has 3 aromatic heterocycles. The average Bonchev–Trinajstić information content (AvgIpc) is 3.10. The van der Waals surface area contributed by atoms with Crippen LogP contribution < -0.4 is 10.2 Å². The normalized spacial score (nSPS) is 17.2. The van der Waals surface area contributed by atoms with Crippen LogP contribution in [0, 0.1) is 0 Å². The van der Waals surface area contributed by atoms with Gasteiger partial charge < -0.3 is 15.0 Å². The molecule has 9 heteroatoms. The number of piperidine rings is 1. The highest BCUT2D eigenvalue weighted by Gasteiger charge is 2.25. The largest absolute Gasteiger partial charge is 0.444 e. The van der Waals surface area contributed by atoms with Crippen molar-refractivity contribution in [2.75, 3.05) is 18.0 Å². The molecule has 1 saturated heterocycles. The lowest BCUT2D eigenvalue weighted by Crippen LogP contribution is -2.49. The third kappa shape index (κ3) is 4.64. The molecule has 0 spiro atoms. The van der Waals surface area contributed by atoms with E-state index >= 15 is 0 Å². The van der Waals surface area contributed by atoms with E-state index in [1.54, 1.807) is 23.1 Å². The molecule has 1 atom stereocenters. The van der Waals surface area contributed by atoms with Crippen LogP contribution in [0.3, 0.4) is 0 Å². The molecule has 4 rings (SSSR count). The number of carbonyl (C=O) groups excluding carboxylic acids is 1. The molecule has 3 aromatic rings. The van der Waals surface area contributed by atoms with Gasteiger partial charge in [-0.3, -0.25) is 0 Å². The first-order valence-electron chi connectivity index (χ1n) is 10.00. The quantitative estimate of drug-likeness (QED) is 0.635. The number of hydrogen-bond acceptors (Lipinski definition) is 6. The number of ether oxygens (including phenoxy) is 1. The van der Waals surface area contributed by atoms with Crippen LogP contribution in [-0.4, -0.2) is 50.6 Å². The maximum Gasteiger partial charge on any atom is 0.407 e. The molecule has 1 N–H and O–H groups in total. The zero-order valence-electron chi connectivity index (χ0n) is 17.3. The third-order valence-electron chi connectivity index (χ3n) is 4.82. The molecule has 0 unspecified atom stereocenters. The van der Waals surface area contributed by atoms with E-state index in [1.807, 2.05) is 39.0 Å². The van der Waals surface area contributed by atoms with Crippen molar-refractivity contribution in [2.45, 2.75) is 45.3 Å². The molecular weight excluding hydrogens is 404 g/mol. The molecule has 0 aromatic carbocycles. The number of nitrogens with one attached hydrogen (secondary N) is 1. The summed E-state index contributed by atoms with van der Waals surface area (Å²) in [7, 11) is 0. The number of rotatable bonds is 3. The van der Waals surface area contributed by atoms with Crippen LogP contribution in [-0.2, 0) is 4.74 Å². The molecule has 0 bridgehead atoms. The number of pyridine rings is 2. The van der Waals surface area contributed by atoms with E-state index in [1.165, 1.54) is 0 Å². The first kappa shape index (κ1) is 20.4. The molecule has 0 saturated carbocycles. The van der Waals surface area contributed by atoms with Crippen LogP contribution in [0.15, 0.2) is 36.7 Å². The highest BCUT2D eigenvalue weighted by atomic mass is 35.5. The van der Waals surface area contributed by atoms with E-state index in [0.717, 1.165) is 36.1 Å². The smallest absolute Gasteiger partial charge is 0.407 e. The lowest BCUT2D eigenvalue weighted by atomic mass is 10.1. The monoisotopic (exact) mass is 428 g/mol. The van der Waals surface area contributed by atoms with Gasteiger partial charge in [-0.05, 0) is 45.7 Å². The topological polar surface area (TPSA) is 85.2 Å². The number of fused-ring (bicyclic) bond motifs is 1. The summed E-state index contributed by atoms with van der Waals surface area (Å²) in [6.07, 6.45) is 4.92. The SMILES string of the molecule is CC(C)(C)OC(=O)N[C@H]1CCCN(c2cccc(-n3ncc4cnc(Cl)cc43)n2)C1. The van der Waals surface area contributed by atoms with Crippen LogP contribution >= 0.6 is 11.6 Å². The van der Waals surface area contributed by atoms with Gasteiger partial charge in [0.2, 0.25) is 0 Å². The van der Waals surface area contributed by atoms with Gasteiger partial charge in [0, 0.05) is 36.8 Å². The highest BCUT2D eigenvalue weighted by molar-refractivity contribution is 6.30. The first-order valence-corrected chi connectivity index (χ1v) is 10.4. The summed E-state index contributed by atoms with van der Waals surface area (Å²) in [5.74, 6) is 1.54. The maximum atomic E-state index is 12.1. The molecule has 4 heterocycles. The molecule has 1 aliphatic heterocycles. The van der Waals surface area contributed by atoms with E-state index in [2.05, 4.69) is 20.3 Å². The number of halogens is 1. The van der Waals surface area contributed by atoms with Gasteiger partial charge in [-0.1, -0.05) is 17.7 Å². The van der Waals surface area contributed by atoms with Gasteiger partial charge in [-0.15, -0.1) is 0 Å². The standard InChI is InChI=1S/C21H25ClN6O2/c1-21(2,3)30-20(29)25-15-6-5-9-27(13-15)18-7-4-8-19(26-18)28-16-10-17(22)23-11-14(16)12-24-28/h4,7-8,10-12,15H,5-6,9,13H2,1-3H3,(H,25,29)/t15-/m0/s1. The minimum atomic E-state index is -0.515. The van der Waals surface area contributed by atoms with Gasteiger partial charge in [0.1, 0.15) is 16.6 Å². The number of amides is 1. The Morgan fingerprint density at radius 3 is 2.87 bits per heavy atom. The molecule has 0 radical (unpaired) electrons. The molecule has 1 amide bonds. The highest BCUT2D eigenvalue weighted by Crippen LogP contribution is 2.23. The number of anilines is 1. The summed E-state index contributed by atoms with van der Waals surface area (Å²) in [4.78, 5) is 23.2. The Morgan fingerprint density at radius 2 is 2.07 bits per heavy atom. The number of alkyl carbamates (subject to hydrolysis) is 1. The number of carbonyl (C=O) groups is 1. The predicted molar refractivity (Wildman–Crippen MR) is 116 cm³/mol. The van der Waals surface area contributed by atoms with Gasteiger partial charge in [0.15, 0.2) is 5.82 Å². The Hall–Kier alpha value is -2.87. The van der Waals surface area contributed by atoms with Crippen molar-refractivity contribution < 1.29 is 9.53 Å². The second-order valence-corrected chi connectivity index (χ2v) is 8.79. The van der Waals surface area contributed by atoms with Gasteiger partial charge in [0.05, 0.1) is 11.7 Å². The molecule has 0 aliphatic carbocycles. The fraction of sp³-hybridized carbons (Fsp3) is 0.429. The first-order chi connectivity index (χ1) is 14.3. The Bertz CT molecular complexity index is 1060. The summed E-state index contributed by atoms with van der Waals surface area (Å²) >= 11 is 6.06. The minimum absolute atomic E-state index is 0.00877. The molecule has 30 heavy (non-hydrogen) atoms. The van der Waals surface area contributed by atoms with Crippen LogP contribution in [0.1, 0.15) is 33.6 Å². The van der Waals surface area contributed by atoms with Crippen LogP contribution in [0.5, 0.6) is 0 Å². The van der Waals surface area contributed by atoms with Crippen molar-refractivity contribution in [3.8, 4) is 5.82 Å². The van der Waals surface area contributed by atoms with Crippen molar-refractivity contribution in [2.24, 2.45) is 0 Å². The summed E-state index contributed by atoms with van der Waals surface area (Å²) in [6.45, 7) is 7.12. The molecular formula is C21H25ClN6O2. The third-order valence-corrected chi connectivity index (χ3v) is 5.03. The van der Waals surface area contributed by atoms with E-state index in [-0.39, 0.29) is 12.1 Å². The number of nitrogens with zero attached hydrogens (tertiary/aromatic N) is 5. The average molecular weight is 429 g/mol. The van der Waals surface area contributed by atoms with Gasteiger partial charge >= 0.3 is 6.09 Å². The fourth-order valence-corrected chi connectivity index (χ4v) is 3.71. The molecule has 8 nitrogen and oxygen atoms in total. The van der Waals surface area contributed by atoms with E-state index in [0.29, 0.717) is 17.5 Å². The molecule has 1 fully saturated rings. The number of hydrogen-bond donors (Lipinski definition) is 1. The van der Waals surface area contributed by atoms with Crippen LogP contribution in [0.2, 0.25) is 5.15 Å². The van der Waals surface area contributed by atoms with Gasteiger partial charge in [-0.2, -0.15) is 5.10 Å². The fourth-order valence-electron chi connectivity index (χ4n) is 3.56. The summed E-state index contributed by atoms with van der Waals surface area (Å²) in [5, 5.41) is 8.73. The van der Waals surface area contributed by atoms with Crippen molar-refractivity contribution in [1.82, 2.24) is 25.1 Å². The van der Waals surface area contributed by atoms with E-state index in [9.17, 15) is 4.79 Å². The zero-order chi connectivity index (χ0) is 21.3. The van der Waals surface area contributed by atoms with Crippen molar-refractivity contribution in [3.63, 3.8) is 0 Å². The lowest BCUT2D eigenvalue weighted by molar-refractivity contribution is 0.0500. The van der Waals surface area contributed by atoms with Gasteiger partial charge in [-0.25, -0.2) is 19.4 Å². The van der Waals surface area contributed by atoms with E-state index in [4.69, 9.17) is 21.3 Å².